The fourth-order valence-corrected chi connectivity index (χ4v) is 5.71. The van der Waals surface area contributed by atoms with Crippen molar-refractivity contribution in [2.45, 2.75) is 65.1 Å². The average molecular weight is 550 g/mol. The summed E-state index contributed by atoms with van der Waals surface area (Å²) >= 11 is 13.2. The number of rotatable bonds is 8. The molecule has 0 saturated carbocycles. The van der Waals surface area contributed by atoms with E-state index in [4.69, 9.17) is 28.9 Å². The fraction of sp³-hybridized carbons (Fsp3) is 0.577. The van der Waals surface area contributed by atoms with E-state index < -0.39 is 0 Å². The van der Waals surface area contributed by atoms with Crippen LogP contribution in [-0.4, -0.2) is 74.7 Å². The van der Waals surface area contributed by atoms with Crippen LogP contribution in [-0.2, 0) is 12.0 Å². The summed E-state index contributed by atoms with van der Waals surface area (Å²) in [7, 11) is 1.74. The smallest absolute Gasteiger partial charge is 0.273 e. The Balaban J connectivity index is 1.69. The quantitative estimate of drug-likeness (QED) is 0.377. The maximum Gasteiger partial charge on any atom is 0.273 e. The van der Waals surface area contributed by atoms with Gasteiger partial charge >= 0.3 is 0 Å². The van der Waals surface area contributed by atoms with Gasteiger partial charge in [0.2, 0.25) is 0 Å². The summed E-state index contributed by atoms with van der Waals surface area (Å²) in [5, 5.41) is 12.9. The lowest BCUT2D eigenvalue weighted by Crippen LogP contribution is -2.35. The Morgan fingerprint density at radius 1 is 1.32 bits per heavy atom. The Kier molecular flexibility index (Phi) is 8.09. The Labute approximate surface area is 228 Å². The van der Waals surface area contributed by atoms with Crippen LogP contribution in [0.3, 0.4) is 0 Å². The van der Waals surface area contributed by atoms with Gasteiger partial charge < -0.3 is 20.5 Å². The van der Waals surface area contributed by atoms with E-state index in [0.29, 0.717) is 48.0 Å². The highest BCUT2D eigenvalue weighted by Crippen LogP contribution is 2.35. The number of benzene rings is 1. The normalized spacial score (nSPS) is 16.8. The van der Waals surface area contributed by atoms with Crippen LogP contribution in [0.2, 0.25) is 10.2 Å². The molecule has 202 valence electrons. The molecular formula is C26H38Cl2N8O. The van der Waals surface area contributed by atoms with Gasteiger partial charge in [0, 0.05) is 55.7 Å². The van der Waals surface area contributed by atoms with Crippen molar-refractivity contribution in [2.24, 2.45) is 5.73 Å². The number of aromatic amines is 1. The number of halogens is 2. The van der Waals surface area contributed by atoms with Gasteiger partial charge in [0.25, 0.3) is 5.91 Å². The molecule has 1 aromatic carbocycles. The number of nitrogens with two attached hydrogens (primary N) is 1. The topological polar surface area (TPSA) is 108 Å². The van der Waals surface area contributed by atoms with Crippen LogP contribution in [0, 0.1) is 0 Å². The number of H-pyrrole nitrogens is 1. The van der Waals surface area contributed by atoms with Crippen LogP contribution >= 0.6 is 23.2 Å². The molecule has 9 nitrogen and oxygen atoms in total. The molecule has 2 aromatic heterocycles. The summed E-state index contributed by atoms with van der Waals surface area (Å²) in [5.41, 5.74) is 7.91. The predicted octanol–water partition coefficient (Wildman–Crippen LogP) is 4.66. The van der Waals surface area contributed by atoms with Crippen molar-refractivity contribution in [3.63, 3.8) is 0 Å². The average Bonchev–Trinajstić information content (AvgIpc) is 3.52. The third-order valence-electron chi connectivity index (χ3n) is 7.12. The van der Waals surface area contributed by atoms with Crippen molar-refractivity contribution in [3.05, 3.63) is 39.4 Å². The minimum Gasteiger partial charge on any atom is -0.361 e. The predicted molar refractivity (Wildman–Crippen MR) is 151 cm³/mol. The zero-order chi connectivity index (χ0) is 27.1. The van der Waals surface area contributed by atoms with E-state index in [9.17, 15) is 4.79 Å². The molecule has 3 heterocycles. The molecule has 4 N–H and O–H groups in total. The number of aromatic nitrogens is 4. The first kappa shape index (κ1) is 27.7. The van der Waals surface area contributed by atoms with Crippen molar-refractivity contribution in [1.82, 2.24) is 29.5 Å². The maximum absolute atomic E-state index is 13.4. The molecule has 1 aliphatic rings. The van der Waals surface area contributed by atoms with Gasteiger partial charge in [-0.2, -0.15) is 5.10 Å². The number of imidazole rings is 1. The highest BCUT2D eigenvalue weighted by molar-refractivity contribution is 6.32. The second-order valence-electron chi connectivity index (χ2n) is 11.1. The lowest BCUT2D eigenvalue weighted by atomic mass is 9.86. The van der Waals surface area contributed by atoms with Gasteiger partial charge in [-0.3, -0.25) is 14.8 Å². The second kappa shape index (κ2) is 10.8. The first-order valence-corrected chi connectivity index (χ1v) is 13.6. The van der Waals surface area contributed by atoms with Gasteiger partial charge in [-0.15, -0.1) is 0 Å². The molecule has 1 saturated heterocycles. The van der Waals surface area contributed by atoms with Gasteiger partial charge in [0.15, 0.2) is 11.0 Å². The lowest BCUT2D eigenvalue weighted by Gasteiger charge is -2.24. The number of carbonyl (C=O) groups is 1. The summed E-state index contributed by atoms with van der Waals surface area (Å²) in [6, 6.07) is 4.50. The summed E-state index contributed by atoms with van der Waals surface area (Å²) in [6.07, 6.45) is 0.914. The number of hydrogen-bond donors (Lipinski definition) is 3. The highest BCUT2D eigenvalue weighted by atomic mass is 35.5. The first-order chi connectivity index (χ1) is 17.4. The number of nitrogens with one attached hydrogen (secondary N) is 2. The molecule has 37 heavy (non-hydrogen) atoms. The van der Waals surface area contributed by atoms with Crippen LogP contribution in [0.1, 0.15) is 69.0 Å². The van der Waals surface area contributed by atoms with Crippen LogP contribution in [0.5, 0.6) is 0 Å². The number of likely N-dealkylation sites (N-methyl/N-ethyl adjacent to an activating group) is 1. The molecule has 0 unspecified atom stereocenters. The fourth-order valence-electron chi connectivity index (χ4n) is 4.99. The van der Waals surface area contributed by atoms with Crippen molar-refractivity contribution >= 4 is 45.8 Å². The Morgan fingerprint density at radius 3 is 2.68 bits per heavy atom. The van der Waals surface area contributed by atoms with E-state index in [1.54, 1.807) is 11.9 Å². The number of likely N-dealkylation sites (tertiary alicyclic amines) is 1. The minimum atomic E-state index is -0.174. The van der Waals surface area contributed by atoms with Crippen molar-refractivity contribution < 1.29 is 4.79 Å². The molecule has 0 bridgehead atoms. The number of carbonyl (C=O) groups excluding carboxylic acids is 1. The molecule has 3 aromatic rings. The molecule has 0 spiro atoms. The van der Waals surface area contributed by atoms with Crippen LogP contribution in [0.4, 0.5) is 5.82 Å². The van der Waals surface area contributed by atoms with Gasteiger partial charge in [-0.05, 0) is 43.4 Å². The number of fused-ring (bicyclic) bond motifs is 1. The third kappa shape index (κ3) is 5.60. The van der Waals surface area contributed by atoms with Gasteiger partial charge in [-0.1, -0.05) is 44.0 Å². The molecule has 0 radical (unpaired) electrons. The Morgan fingerprint density at radius 2 is 2.05 bits per heavy atom. The lowest BCUT2D eigenvalue weighted by molar-refractivity contribution is 0.0785. The number of hydrogen-bond acceptors (Lipinski definition) is 6. The van der Waals surface area contributed by atoms with E-state index >= 15 is 0 Å². The monoisotopic (exact) mass is 548 g/mol. The minimum absolute atomic E-state index is 0.0895. The van der Waals surface area contributed by atoms with Crippen molar-refractivity contribution in [1.29, 1.82) is 0 Å². The summed E-state index contributed by atoms with van der Waals surface area (Å²) in [4.78, 5) is 22.1. The van der Waals surface area contributed by atoms with Crippen molar-refractivity contribution in [3.8, 4) is 0 Å². The summed E-state index contributed by atoms with van der Waals surface area (Å²) in [5.74, 6) is 1.23. The summed E-state index contributed by atoms with van der Waals surface area (Å²) in [6.45, 7) is 13.7. The van der Waals surface area contributed by atoms with Crippen molar-refractivity contribution in [2.75, 3.05) is 38.5 Å². The number of amides is 1. The van der Waals surface area contributed by atoms with E-state index in [0.717, 1.165) is 36.0 Å². The summed E-state index contributed by atoms with van der Waals surface area (Å²) < 4.78 is 2.03. The molecule has 1 fully saturated rings. The Bertz CT molecular complexity index is 1280. The molecule has 0 aliphatic carbocycles. The number of anilines is 1. The zero-order valence-electron chi connectivity index (χ0n) is 22.5. The second-order valence-corrected chi connectivity index (χ2v) is 11.9. The molecule has 1 atom stereocenters. The van der Waals surface area contributed by atoms with E-state index in [2.05, 4.69) is 66.1 Å². The van der Waals surface area contributed by atoms with E-state index in [1.807, 2.05) is 10.6 Å². The van der Waals surface area contributed by atoms with E-state index in [1.165, 1.54) is 0 Å². The van der Waals surface area contributed by atoms with Crippen LogP contribution in [0.15, 0.2) is 12.1 Å². The molecule has 4 rings (SSSR count). The third-order valence-corrected chi connectivity index (χ3v) is 7.69. The van der Waals surface area contributed by atoms with Gasteiger partial charge in [0.1, 0.15) is 11.5 Å². The SMILES string of the molecule is CC(C)N1CC[C@@H](n2c(CNc3n[nH]c4cc(Cl)c(C(C)(C)C)cc34)nc(Cl)c2C(=O)N(C)CCN)C1. The maximum atomic E-state index is 13.4. The Hall–Kier alpha value is -2.33. The van der Waals surface area contributed by atoms with Crippen LogP contribution < -0.4 is 11.1 Å². The van der Waals surface area contributed by atoms with E-state index in [-0.39, 0.29) is 22.5 Å². The standard InChI is InChI=1S/C26H38Cl2N8O/c1-15(2)35-9-7-16(14-35)36-21(31-23(28)22(36)25(37)34(6)10-8-29)13-30-24-17-11-18(26(3,4)5)19(27)12-20(17)32-33-24/h11-12,15-16H,7-10,13-14,29H2,1-6H3,(H2,30,32,33)/t16-/m1/s1. The molecule has 1 amide bonds. The highest BCUT2D eigenvalue weighted by Gasteiger charge is 2.33. The number of nitrogens with zero attached hydrogens (tertiary/aromatic N) is 5. The first-order valence-electron chi connectivity index (χ1n) is 12.8. The van der Waals surface area contributed by atoms with Gasteiger partial charge in [-0.25, -0.2) is 4.98 Å². The molecular weight excluding hydrogens is 511 g/mol. The zero-order valence-corrected chi connectivity index (χ0v) is 24.0. The largest absolute Gasteiger partial charge is 0.361 e. The molecule has 11 heteroatoms. The van der Waals surface area contributed by atoms with Gasteiger partial charge in [0.05, 0.1) is 12.1 Å². The molecule has 1 aliphatic heterocycles. The van der Waals surface area contributed by atoms with Crippen LogP contribution in [0.25, 0.3) is 10.9 Å².